The highest BCUT2D eigenvalue weighted by molar-refractivity contribution is 5.81. The summed E-state index contributed by atoms with van der Waals surface area (Å²) >= 11 is 0. The van der Waals surface area contributed by atoms with Gasteiger partial charge in [-0.3, -0.25) is 9.36 Å². The average Bonchev–Trinajstić information content (AvgIpc) is 2.75. The van der Waals surface area contributed by atoms with Crippen LogP contribution in [0.1, 0.15) is 11.3 Å². The highest BCUT2D eigenvalue weighted by Crippen LogP contribution is 2.20. The van der Waals surface area contributed by atoms with Crippen molar-refractivity contribution in [2.45, 2.75) is 0 Å². The van der Waals surface area contributed by atoms with Gasteiger partial charge in [0.25, 0.3) is 5.56 Å². The van der Waals surface area contributed by atoms with Crippen molar-refractivity contribution in [3.05, 3.63) is 100 Å². The van der Waals surface area contributed by atoms with E-state index in [0.29, 0.717) is 28.0 Å². The van der Waals surface area contributed by atoms with Gasteiger partial charge in [0.05, 0.1) is 18.1 Å². The van der Waals surface area contributed by atoms with Crippen LogP contribution >= 0.6 is 0 Å². The normalized spacial score (nSPS) is 11.5. The van der Waals surface area contributed by atoms with Crippen LogP contribution in [0.5, 0.6) is 5.75 Å². The first-order chi connectivity index (χ1) is 13.7. The molecule has 0 aliphatic heterocycles. The molecule has 4 aromatic rings. The van der Waals surface area contributed by atoms with E-state index in [1.165, 1.54) is 6.08 Å². The molecule has 3 aromatic carbocycles. The lowest BCUT2D eigenvalue weighted by atomic mass is 10.1. The molecule has 0 fully saturated rings. The largest absolute Gasteiger partial charge is 0.507 e. The molecule has 0 radical (unpaired) electrons. The van der Waals surface area contributed by atoms with Gasteiger partial charge in [0, 0.05) is 17.3 Å². The highest BCUT2D eigenvalue weighted by atomic mass is 16.5. The second kappa shape index (κ2) is 7.40. The molecule has 5 nitrogen and oxygen atoms in total. The van der Waals surface area contributed by atoms with E-state index in [0.717, 1.165) is 0 Å². The lowest BCUT2D eigenvalue weighted by Crippen LogP contribution is -2.22. The van der Waals surface area contributed by atoms with E-state index < -0.39 is 0 Å². The fourth-order valence-corrected chi connectivity index (χ4v) is 3.05. The molecule has 0 amide bonds. The summed E-state index contributed by atoms with van der Waals surface area (Å²) in [6.07, 6.45) is 1.41. The van der Waals surface area contributed by atoms with Gasteiger partial charge in [-0.15, -0.1) is 0 Å². The Hall–Kier alpha value is -3.86. The first kappa shape index (κ1) is 17.5. The van der Waals surface area contributed by atoms with Crippen LogP contribution in [0.4, 0.5) is 0 Å². The van der Waals surface area contributed by atoms with E-state index in [-0.39, 0.29) is 17.0 Å². The van der Waals surface area contributed by atoms with E-state index in [4.69, 9.17) is 4.74 Å². The van der Waals surface area contributed by atoms with Crippen LogP contribution < -0.4 is 10.3 Å². The highest BCUT2D eigenvalue weighted by Gasteiger charge is 2.12. The summed E-state index contributed by atoms with van der Waals surface area (Å²) in [5.74, 6) is 0.693. The van der Waals surface area contributed by atoms with Crippen LogP contribution in [0.3, 0.4) is 0 Å². The van der Waals surface area contributed by atoms with E-state index >= 15 is 0 Å². The summed E-state index contributed by atoms with van der Waals surface area (Å²) in [5.41, 5.74) is 2.51. The first-order valence-corrected chi connectivity index (χ1v) is 8.79. The summed E-state index contributed by atoms with van der Waals surface area (Å²) in [5, 5.41) is 10.5. The zero-order valence-electron chi connectivity index (χ0n) is 15.2. The average molecular weight is 370 g/mol. The molecule has 1 N–H and O–H groups in total. The number of ether oxygens (including phenoxy) is 1. The van der Waals surface area contributed by atoms with E-state index in [1.54, 1.807) is 35.9 Å². The lowest BCUT2D eigenvalue weighted by Gasteiger charge is -2.12. The third kappa shape index (κ3) is 3.25. The molecule has 5 heteroatoms. The quantitative estimate of drug-likeness (QED) is 0.539. The molecule has 0 unspecified atom stereocenters. The van der Waals surface area contributed by atoms with Gasteiger partial charge >= 0.3 is 0 Å². The molecular weight excluding hydrogens is 352 g/mol. The molecule has 0 saturated carbocycles. The molecule has 138 valence electrons. The molecule has 0 aliphatic carbocycles. The molecule has 28 heavy (non-hydrogen) atoms. The number of nitrogens with zero attached hydrogens (tertiary/aromatic N) is 2. The number of aromatic nitrogens is 2. The number of methoxy groups -OCH3 is 1. The van der Waals surface area contributed by atoms with Crippen LogP contribution in [-0.4, -0.2) is 21.8 Å². The van der Waals surface area contributed by atoms with E-state index in [1.807, 2.05) is 54.6 Å². The minimum absolute atomic E-state index is 0.0123. The van der Waals surface area contributed by atoms with Gasteiger partial charge < -0.3 is 9.84 Å². The zero-order valence-corrected chi connectivity index (χ0v) is 15.2. The van der Waals surface area contributed by atoms with Crippen LogP contribution in [-0.2, 0) is 0 Å². The van der Waals surface area contributed by atoms with Crippen molar-refractivity contribution in [3.8, 4) is 11.4 Å². The maximum absolute atomic E-state index is 13.2. The van der Waals surface area contributed by atoms with Crippen LogP contribution in [0.15, 0.2) is 83.7 Å². The van der Waals surface area contributed by atoms with Gasteiger partial charge in [0.1, 0.15) is 17.2 Å². The first-order valence-electron chi connectivity index (χ1n) is 8.79. The monoisotopic (exact) mass is 370 g/mol. The lowest BCUT2D eigenvalue weighted by molar-refractivity contribution is 0.414. The predicted molar refractivity (Wildman–Crippen MR) is 111 cm³/mol. The number of fused-ring (bicyclic) bond motifs is 1. The summed E-state index contributed by atoms with van der Waals surface area (Å²) in [7, 11) is 1.60. The van der Waals surface area contributed by atoms with Gasteiger partial charge in [0.2, 0.25) is 0 Å². The Kier molecular flexibility index (Phi) is 4.64. The molecule has 0 spiro atoms. The fraction of sp³-hybridized carbons (Fsp3) is 0.0435. The summed E-state index contributed by atoms with van der Waals surface area (Å²) in [4.78, 5) is 17.7. The molecule has 0 aliphatic rings. The molecule has 4 rings (SSSR count). The fourth-order valence-electron chi connectivity index (χ4n) is 3.05. The predicted octanol–water partition coefficient (Wildman–Crippen LogP) is 4.45. The van der Waals surface area contributed by atoms with Crippen LogP contribution in [0.2, 0.25) is 0 Å². The van der Waals surface area contributed by atoms with Crippen molar-refractivity contribution in [1.29, 1.82) is 0 Å². The number of aliphatic hydroxyl groups excluding tert-OH is 1. The topological polar surface area (TPSA) is 64.3 Å². The minimum atomic E-state index is -0.314. The Balaban J connectivity index is 1.94. The van der Waals surface area contributed by atoms with Gasteiger partial charge in [0.15, 0.2) is 0 Å². The Labute approximate surface area is 161 Å². The van der Waals surface area contributed by atoms with Gasteiger partial charge in [-0.25, -0.2) is 4.98 Å². The maximum atomic E-state index is 13.2. The van der Waals surface area contributed by atoms with Crippen molar-refractivity contribution in [2.24, 2.45) is 0 Å². The standard InChI is InChI=1S/C23H18N2O3/c1-28-18-13-11-17(12-14-18)25-21-10-6-5-9-19(21)24-20(23(25)27)15-22(26)16-7-3-2-4-8-16/h2-15,26H,1H3/b22-15-. The second-order valence-electron chi connectivity index (χ2n) is 6.22. The minimum Gasteiger partial charge on any atom is -0.507 e. The smallest absolute Gasteiger partial charge is 0.281 e. The summed E-state index contributed by atoms with van der Waals surface area (Å²) in [6, 6.07) is 23.7. The Morgan fingerprint density at radius 3 is 2.36 bits per heavy atom. The number of hydrogen-bond acceptors (Lipinski definition) is 4. The Morgan fingerprint density at radius 2 is 1.64 bits per heavy atom. The molecular formula is C23H18N2O3. The third-order valence-corrected chi connectivity index (χ3v) is 4.46. The van der Waals surface area contributed by atoms with Crippen molar-refractivity contribution in [2.75, 3.05) is 7.11 Å². The van der Waals surface area contributed by atoms with E-state index in [9.17, 15) is 9.90 Å². The number of rotatable bonds is 4. The second-order valence-corrected chi connectivity index (χ2v) is 6.22. The van der Waals surface area contributed by atoms with E-state index in [2.05, 4.69) is 4.98 Å². The third-order valence-electron chi connectivity index (χ3n) is 4.46. The Bertz CT molecular complexity index is 1210. The van der Waals surface area contributed by atoms with Gasteiger partial charge in [-0.05, 0) is 36.4 Å². The molecule has 0 atom stereocenters. The summed E-state index contributed by atoms with van der Waals surface area (Å²) in [6.45, 7) is 0. The van der Waals surface area contributed by atoms with Crippen LogP contribution in [0.25, 0.3) is 28.6 Å². The number of hydrogen-bond donors (Lipinski definition) is 1. The molecule has 0 bridgehead atoms. The molecule has 1 aromatic heterocycles. The van der Waals surface area contributed by atoms with Crippen molar-refractivity contribution in [3.63, 3.8) is 0 Å². The van der Waals surface area contributed by atoms with Gasteiger partial charge in [-0.2, -0.15) is 0 Å². The number of para-hydroxylation sites is 2. The maximum Gasteiger partial charge on any atom is 0.281 e. The van der Waals surface area contributed by atoms with Crippen molar-refractivity contribution >= 4 is 22.9 Å². The summed E-state index contributed by atoms with van der Waals surface area (Å²) < 4.78 is 6.79. The SMILES string of the molecule is COc1ccc(-n2c(=O)c(/C=C(\O)c3ccccc3)nc3ccccc32)cc1. The Morgan fingerprint density at radius 1 is 0.964 bits per heavy atom. The molecule has 0 saturated heterocycles. The zero-order chi connectivity index (χ0) is 19.5. The van der Waals surface area contributed by atoms with Crippen LogP contribution in [0, 0.1) is 0 Å². The number of benzene rings is 3. The van der Waals surface area contributed by atoms with Gasteiger partial charge in [-0.1, -0.05) is 42.5 Å². The van der Waals surface area contributed by atoms with Crippen molar-refractivity contribution in [1.82, 2.24) is 9.55 Å². The molecule has 1 heterocycles. The van der Waals surface area contributed by atoms with Crippen molar-refractivity contribution < 1.29 is 9.84 Å². The number of aliphatic hydroxyl groups is 1.